The van der Waals surface area contributed by atoms with Crippen LogP contribution in [0, 0.1) is 11.8 Å². The van der Waals surface area contributed by atoms with Crippen LogP contribution in [0.4, 0.5) is 0 Å². The Morgan fingerprint density at radius 2 is 2.33 bits per heavy atom. The van der Waals surface area contributed by atoms with E-state index >= 15 is 0 Å². The average Bonchev–Trinajstić information content (AvgIpc) is 2.99. The van der Waals surface area contributed by atoms with Gasteiger partial charge in [-0.05, 0) is 31.7 Å². The lowest BCUT2D eigenvalue weighted by Crippen LogP contribution is -2.27. The Morgan fingerprint density at radius 3 is 2.93 bits per heavy atom. The monoisotopic (exact) mass is 215 g/mol. The molecule has 0 aromatic heterocycles. The first-order valence-corrected chi connectivity index (χ1v) is 5.71. The highest BCUT2D eigenvalue weighted by Crippen LogP contribution is 2.28. The second-order valence-electron chi connectivity index (χ2n) is 4.32. The van der Waals surface area contributed by atoms with Crippen molar-refractivity contribution in [1.82, 2.24) is 5.32 Å². The van der Waals surface area contributed by atoms with Crippen LogP contribution in [0.3, 0.4) is 0 Å². The minimum absolute atomic E-state index is 0.308. The molecule has 0 bridgehead atoms. The molecule has 1 aliphatic carbocycles. The normalized spacial score (nSPS) is 17.7. The van der Waals surface area contributed by atoms with Gasteiger partial charge < -0.3 is 15.2 Å². The molecule has 0 aromatic rings. The average molecular weight is 215 g/mol. The zero-order chi connectivity index (χ0) is 11.1. The van der Waals surface area contributed by atoms with E-state index in [1.807, 2.05) is 0 Å². The molecule has 1 atom stereocenters. The molecule has 4 heteroatoms. The standard InChI is InChI=1S/C11H21NO3/c1-9(11(13)14)7-12-5-2-6-15-8-10-3-4-10/h9-10,12H,2-8H2,1H3,(H,13,14). The van der Waals surface area contributed by atoms with E-state index in [2.05, 4.69) is 5.32 Å². The molecule has 1 rings (SSSR count). The van der Waals surface area contributed by atoms with E-state index in [0.717, 1.165) is 32.1 Å². The molecule has 0 saturated heterocycles. The fraction of sp³-hybridized carbons (Fsp3) is 0.909. The van der Waals surface area contributed by atoms with Crippen molar-refractivity contribution >= 4 is 5.97 Å². The van der Waals surface area contributed by atoms with Crippen molar-refractivity contribution in [3.05, 3.63) is 0 Å². The quantitative estimate of drug-likeness (QED) is 0.566. The predicted octanol–water partition coefficient (Wildman–Crippen LogP) is 1.11. The first-order chi connectivity index (χ1) is 7.20. The molecule has 88 valence electrons. The van der Waals surface area contributed by atoms with Gasteiger partial charge in [0.05, 0.1) is 5.92 Å². The summed E-state index contributed by atoms with van der Waals surface area (Å²) in [5, 5.41) is 11.7. The summed E-state index contributed by atoms with van der Waals surface area (Å²) >= 11 is 0. The van der Waals surface area contributed by atoms with Gasteiger partial charge in [0.15, 0.2) is 0 Å². The number of aliphatic carboxylic acids is 1. The minimum Gasteiger partial charge on any atom is -0.481 e. The number of carboxylic acid groups (broad SMARTS) is 1. The van der Waals surface area contributed by atoms with E-state index in [1.165, 1.54) is 12.8 Å². The minimum atomic E-state index is -0.743. The molecule has 0 heterocycles. The van der Waals surface area contributed by atoms with Crippen molar-refractivity contribution in [1.29, 1.82) is 0 Å². The van der Waals surface area contributed by atoms with Gasteiger partial charge in [0.1, 0.15) is 0 Å². The fourth-order valence-electron chi connectivity index (χ4n) is 1.24. The lowest BCUT2D eigenvalue weighted by atomic mass is 10.2. The van der Waals surface area contributed by atoms with Crippen LogP contribution in [0.25, 0.3) is 0 Å². The summed E-state index contributed by atoms with van der Waals surface area (Å²) in [5.41, 5.74) is 0. The van der Waals surface area contributed by atoms with Gasteiger partial charge in [0.25, 0.3) is 0 Å². The summed E-state index contributed by atoms with van der Waals surface area (Å²) in [6.07, 6.45) is 3.61. The molecular weight excluding hydrogens is 194 g/mol. The molecule has 0 aromatic carbocycles. The molecule has 1 fully saturated rings. The van der Waals surface area contributed by atoms with Crippen LogP contribution in [-0.2, 0) is 9.53 Å². The third-order valence-corrected chi connectivity index (χ3v) is 2.56. The van der Waals surface area contributed by atoms with Gasteiger partial charge in [-0.2, -0.15) is 0 Å². The third kappa shape index (κ3) is 6.47. The molecule has 0 amide bonds. The fourth-order valence-corrected chi connectivity index (χ4v) is 1.24. The van der Waals surface area contributed by atoms with Crippen LogP contribution in [0.1, 0.15) is 26.2 Å². The predicted molar refractivity (Wildman–Crippen MR) is 57.8 cm³/mol. The molecule has 0 aliphatic heterocycles. The largest absolute Gasteiger partial charge is 0.481 e. The Bertz CT molecular complexity index is 192. The summed E-state index contributed by atoms with van der Waals surface area (Å²) in [6, 6.07) is 0. The van der Waals surface area contributed by atoms with Gasteiger partial charge in [-0.15, -0.1) is 0 Å². The number of carbonyl (C=O) groups is 1. The van der Waals surface area contributed by atoms with E-state index in [4.69, 9.17) is 9.84 Å². The molecule has 1 aliphatic rings. The summed E-state index contributed by atoms with van der Waals surface area (Å²) in [6.45, 7) is 4.77. The van der Waals surface area contributed by atoms with E-state index in [9.17, 15) is 4.79 Å². The van der Waals surface area contributed by atoms with Crippen molar-refractivity contribution in [2.24, 2.45) is 11.8 Å². The van der Waals surface area contributed by atoms with Gasteiger partial charge in [0.2, 0.25) is 0 Å². The lowest BCUT2D eigenvalue weighted by Gasteiger charge is -2.08. The smallest absolute Gasteiger partial charge is 0.307 e. The zero-order valence-corrected chi connectivity index (χ0v) is 9.37. The van der Waals surface area contributed by atoms with Gasteiger partial charge in [-0.1, -0.05) is 6.92 Å². The van der Waals surface area contributed by atoms with Crippen LogP contribution >= 0.6 is 0 Å². The molecule has 1 saturated carbocycles. The highest BCUT2D eigenvalue weighted by Gasteiger charge is 2.20. The van der Waals surface area contributed by atoms with E-state index < -0.39 is 5.97 Å². The van der Waals surface area contributed by atoms with Crippen molar-refractivity contribution in [2.75, 3.05) is 26.3 Å². The summed E-state index contributed by atoms with van der Waals surface area (Å²) in [4.78, 5) is 10.5. The molecule has 15 heavy (non-hydrogen) atoms. The number of nitrogens with one attached hydrogen (secondary N) is 1. The molecular formula is C11H21NO3. The van der Waals surface area contributed by atoms with Gasteiger partial charge >= 0.3 is 5.97 Å². The summed E-state index contributed by atoms with van der Waals surface area (Å²) in [5.74, 6) is -0.227. The Labute approximate surface area is 91.0 Å². The van der Waals surface area contributed by atoms with Crippen LogP contribution in [0.5, 0.6) is 0 Å². The zero-order valence-electron chi connectivity index (χ0n) is 9.37. The Hall–Kier alpha value is -0.610. The van der Waals surface area contributed by atoms with Gasteiger partial charge in [-0.3, -0.25) is 4.79 Å². The number of hydrogen-bond donors (Lipinski definition) is 2. The molecule has 0 radical (unpaired) electrons. The number of hydrogen-bond acceptors (Lipinski definition) is 3. The molecule has 2 N–H and O–H groups in total. The van der Waals surface area contributed by atoms with Crippen LogP contribution in [0.2, 0.25) is 0 Å². The van der Waals surface area contributed by atoms with Crippen molar-refractivity contribution < 1.29 is 14.6 Å². The number of rotatable bonds is 9. The Kier molecular flexibility index (Phi) is 5.65. The van der Waals surface area contributed by atoms with Gasteiger partial charge in [0, 0.05) is 19.8 Å². The maximum absolute atomic E-state index is 10.5. The summed E-state index contributed by atoms with van der Waals surface area (Å²) in [7, 11) is 0. The maximum atomic E-state index is 10.5. The van der Waals surface area contributed by atoms with Crippen LogP contribution in [0.15, 0.2) is 0 Å². The highest BCUT2D eigenvalue weighted by atomic mass is 16.5. The number of ether oxygens (including phenoxy) is 1. The molecule has 4 nitrogen and oxygen atoms in total. The van der Waals surface area contributed by atoms with Crippen LogP contribution in [-0.4, -0.2) is 37.4 Å². The van der Waals surface area contributed by atoms with Crippen molar-refractivity contribution in [2.45, 2.75) is 26.2 Å². The molecule has 0 spiro atoms. The van der Waals surface area contributed by atoms with E-state index in [-0.39, 0.29) is 5.92 Å². The maximum Gasteiger partial charge on any atom is 0.307 e. The first-order valence-electron chi connectivity index (χ1n) is 5.71. The van der Waals surface area contributed by atoms with E-state index in [1.54, 1.807) is 6.92 Å². The van der Waals surface area contributed by atoms with E-state index in [0.29, 0.717) is 6.54 Å². The second-order valence-corrected chi connectivity index (χ2v) is 4.32. The Balaban J connectivity index is 1.77. The SMILES string of the molecule is CC(CNCCCOCC1CC1)C(=O)O. The number of carboxylic acids is 1. The van der Waals surface area contributed by atoms with Crippen molar-refractivity contribution in [3.8, 4) is 0 Å². The van der Waals surface area contributed by atoms with Gasteiger partial charge in [-0.25, -0.2) is 0 Å². The highest BCUT2D eigenvalue weighted by molar-refractivity contribution is 5.69. The third-order valence-electron chi connectivity index (χ3n) is 2.56. The van der Waals surface area contributed by atoms with Crippen LogP contribution < -0.4 is 5.32 Å². The second kappa shape index (κ2) is 6.80. The summed E-state index contributed by atoms with van der Waals surface area (Å²) < 4.78 is 5.46. The van der Waals surface area contributed by atoms with Crippen molar-refractivity contribution in [3.63, 3.8) is 0 Å². The molecule has 1 unspecified atom stereocenters. The lowest BCUT2D eigenvalue weighted by molar-refractivity contribution is -0.140. The Morgan fingerprint density at radius 1 is 1.60 bits per heavy atom. The first kappa shape index (κ1) is 12.5. The topological polar surface area (TPSA) is 58.6 Å².